The van der Waals surface area contributed by atoms with Crippen molar-refractivity contribution in [3.05, 3.63) is 77.1 Å². The number of nitrogens with zero attached hydrogens (tertiary/aromatic N) is 1. The molecule has 2 aliphatic rings. The molecule has 5 rings (SSSR count). The predicted octanol–water partition coefficient (Wildman–Crippen LogP) is 2.57. The molecule has 0 fully saturated rings. The summed E-state index contributed by atoms with van der Waals surface area (Å²) in [4.78, 5) is 29.7. The number of carbonyl (C=O) groups is 2. The van der Waals surface area contributed by atoms with Crippen LogP contribution in [0.4, 0.5) is 0 Å². The van der Waals surface area contributed by atoms with Gasteiger partial charge in [0.2, 0.25) is 0 Å². The van der Waals surface area contributed by atoms with E-state index in [2.05, 4.69) is 10.3 Å². The number of rotatable bonds is 1. The second kappa shape index (κ2) is 4.83. The minimum atomic E-state index is -0.289. The lowest BCUT2D eigenvalue weighted by molar-refractivity contribution is -0.135. The van der Waals surface area contributed by atoms with Gasteiger partial charge in [0, 0.05) is 29.7 Å². The Kier molecular flexibility index (Phi) is 2.71. The monoisotopic (exact) mass is 329 g/mol. The minimum absolute atomic E-state index is 0.199. The van der Waals surface area contributed by atoms with Crippen molar-refractivity contribution in [3.63, 3.8) is 0 Å². The zero-order valence-corrected chi connectivity index (χ0v) is 13.5. The van der Waals surface area contributed by atoms with Crippen LogP contribution < -0.4 is 5.32 Å². The van der Waals surface area contributed by atoms with Crippen LogP contribution in [0.25, 0.3) is 16.5 Å². The number of fused-ring (bicyclic) bond motifs is 1. The Labute approximate surface area is 144 Å². The van der Waals surface area contributed by atoms with Gasteiger partial charge in [-0.15, -0.1) is 0 Å². The fourth-order valence-corrected chi connectivity index (χ4v) is 3.81. The van der Waals surface area contributed by atoms with E-state index in [0.29, 0.717) is 11.3 Å². The molecule has 2 aliphatic heterocycles. The Balaban J connectivity index is 1.86. The van der Waals surface area contributed by atoms with Crippen LogP contribution in [0.1, 0.15) is 22.7 Å². The molecule has 2 N–H and O–H groups in total. The van der Waals surface area contributed by atoms with Gasteiger partial charge < -0.3 is 10.3 Å². The maximum atomic E-state index is 12.7. The van der Waals surface area contributed by atoms with Gasteiger partial charge in [0.1, 0.15) is 5.70 Å². The first-order valence-corrected chi connectivity index (χ1v) is 8.15. The third-order valence-electron chi connectivity index (χ3n) is 5.03. The number of imide groups is 1. The van der Waals surface area contributed by atoms with Gasteiger partial charge in [0.25, 0.3) is 11.8 Å². The number of hydrogen-bond acceptors (Lipinski definition) is 3. The second-order valence-corrected chi connectivity index (χ2v) is 6.38. The van der Waals surface area contributed by atoms with E-state index in [9.17, 15) is 9.59 Å². The van der Waals surface area contributed by atoms with E-state index in [4.69, 9.17) is 0 Å². The Morgan fingerprint density at radius 3 is 2.56 bits per heavy atom. The van der Waals surface area contributed by atoms with Gasteiger partial charge >= 0.3 is 0 Å². The Hall–Kier alpha value is -3.34. The summed E-state index contributed by atoms with van der Waals surface area (Å²) >= 11 is 0. The van der Waals surface area contributed by atoms with Gasteiger partial charge in [0.05, 0.1) is 11.6 Å². The van der Waals surface area contributed by atoms with Crippen LogP contribution >= 0.6 is 0 Å². The summed E-state index contributed by atoms with van der Waals surface area (Å²) < 4.78 is 0. The molecular formula is C20H15N3O2. The maximum absolute atomic E-state index is 12.7. The molecule has 122 valence electrons. The fraction of sp³-hybridized carbons (Fsp3) is 0.100. The van der Waals surface area contributed by atoms with E-state index >= 15 is 0 Å². The molecule has 3 aromatic rings. The third kappa shape index (κ3) is 1.78. The SMILES string of the molecule is CN1C(=O)C2=C(C1=O)c1c[nH]c3cccc(c13)C(c1ccccc1)N2. The Morgan fingerprint density at radius 2 is 1.76 bits per heavy atom. The summed E-state index contributed by atoms with van der Waals surface area (Å²) in [6.07, 6.45) is 1.82. The van der Waals surface area contributed by atoms with Crippen molar-refractivity contribution in [1.29, 1.82) is 0 Å². The lowest BCUT2D eigenvalue weighted by Gasteiger charge is -2.21. The van der Waals surface area contributed by atoms with Crippen LogP contribution in [0.5, 0.6) is 0 Å². The number of aromatic nitrogens is 1. The van der Waals surface area contributed by atoms with Crippen LogP contribution in [0.3, 0.4) is 0 Å². The molecule has 0 saturated carbocycles. The first kappa shape index (κ1) is 14.0. The lowest BCUT2D eigenvalue weighted by Crippen LogP contribution is -2.31. The molecule has 0 saturated heterocycles. The summed E-state index contributed by atoms with van der Waals surface area (Å²) in [7, 11) is 1.52. The number of H-pyrrole nitrogens is 1. The molecule has 2 aromatic carbocycles. The van der Waals surface area contributed by atoms with Gasteiger partial charge in [-0.2, -0.15) is 0 Å². The highest BCUT2D eigenvalue weighted by atomic mass is 16.2. The summed E-state index contributed by atoms with van der Waals surface area (Å²) in [5.74, 6) is -0.556. The topological polar surface area (TPSA) is 65.2 Å². The van der Waals surface area contributed by atoms with Gasteiger partial charge in [-0.1, -0.05) is 42.5 Å². The molecule has 1 atom stereocenters. The van der Waals surface area contributed by atoms with Gasteiger partial charge in [0.15, 0.2) is 0 Å². The summed E-state index contributed by atoms with van der Waals surface area (Å²) in [5, 5.41) is 4.34. The molecule has 1 aromatic heterocycles. The predicted molar refractivity (Wildman–Crippen MR) is 94.4 cm³/mol. The minimum Gasteiger partial charge on any atom is -0.369 e. The Bertz CT molecular complexity index is 1080. The lowest BCUT2D eigenvalue weighted by atomic mass is 9.94. The van der Waals surface area contributed by atoms with Crippen molar-refractivity contribution in [2.45, 2.75) is 6.04 Å². The zero-order valence-electron chi connectivity index (χ0n) is 13.5. The van der Waals surface area contributed by atoms with E-state index in [0.717, 1.165) is 27.6 Å². The smallest absolute Gasteiger partial charge is 0.277 e. The quantitative estimate of drug-likeness (QED) is 0.675. The number of amides is 2. The van der Waals surface area contributed by atoms with Crippen molar-refractivity contribution < 1.29 is 9.59 Å². The average Bonchev–Trinajstić information content (AvgIpc) is 3.10. The number of likely N-dealkylation sites (N-methyl/N-ethyl adjacent to an activating group) is 1. The largest absolute Gasteiger partial charge is 0.369 e. The van der Waals surface area contributed by atoms with Crippen LogP contribution in [0.2, 0.25) is 0 Å². The van der Waals surface area contributed by atoms with Crippen LogP contribution in [-0.2, 0) is 9.59 Å². The molecule has 25 heavy (non-hydrogen) atoms. The van der Waals surface area contributed by atoms with Crippen molar-refractivity contribution in [2.24, 2.45) is 0 Å². The van der Waals surface area contributed by atoms with Crippen molar-refractivity contribution >= 4 is 28.3 Å². The highest BCUT2D eigenvalue weighted by Crippen LogP contribution is 2.41. The first-order valence-electron chi connectivity index (χ1n) is 8.15. The molecule has 1 unspecified atom stereocenters. The van der Waals surface area contributed by atoms with E-state index in [1.165, 1.54) is 11.9 Å². The molecular weight excluding hydrogens is 314 g/mol. The van der Waals surface area contributed by atoms with E-state index < -0.39 is 0 Å². The molecule has 2 amide bonds. The van der Waals surface area contributed by atoms with Crippen molar-refractivity contribution in [1.82, 2.24) is 15.2 Å². The van der Waals surface area contributed by atoms with Crippen LogP contribution in [0, 0.1) is 0 Å². The number of carbonyl (C=O) groups excluding carboxylic acids is 2. The highest BCUT2D eigenvalue weighted by molar-refractivity contribution is 6.37. The van der Waals surface area contributed by atoms with Gasteiger partial charge in [-0.25, -0.2) is 0 Å². The highest BCUT2D eigenvalue weighted by Gasteiger charge is 2.41. The first-order chi connectivity index (χ1) is 12.2. The summed E-state index contributed by atoms with van der Waals surface area (Å²) in [5.41, 5.74) is 4.67. The van der Waals surface area contributed by atoms with Gasteiger partial charge in [-0.05, 0) is 17.2 Å². The van der Waals surface area contributed by atoms with E-state index in [1.807, 2.05) is 54.7 Å². The molecule has 3 heterocycles. The number of benzene rings is 2. The molecule has 0 spiro atoms. The normalized spacial score (nSPS) is 19.2. The molecule has 0 radical (unpaired) electrons. The second-order valence-electron chi connectivity index (χ2n) is 6.38. The van der Waals surface area contributed by atoms with Crippen molar-refractivity contribution in [2.75, 3.05) is 7.05 Å². The fourth-order valence-electron chi connectivity index (χ4n) is 3.81. The van der Waals surface area contributed by atoms with Crippen molar-refractivity contribution in [3.8, 4) is 0 Å². The Morgan fingerprint density at radius 1 is 0.960 bits per heavy atom. The zero-order chi connectivity index (χ0) is 17.1. The number of nitrogens with one attached hydrogen (secondary N) is 2. The summed E-state index contributed by atoms with van der Waals surface area (Å²) in [6, 6.07) is 15.8. The van der Waals surface area contributed by atoms with E-state index in [-0.39, 0.29) is 17.9 Å². The van der Waals surface area contributed by atoms with Crippen LogP contribution in [-0.4, -0.2) is 28.7 Å². The maximum Gasteiger partial charge on any atom is 0.277 e. The third-order valence-corrected chi connectivity index (χ3v) is 5.03. The average molecular weight is 329 g/mol. The number of aromatic amines is 1. The molecule has 0 bridgehead atoms. The van der Waals surface area contributed by atoms with Gasteiger partial charge in [-0.3, -0.25) is 14.5 Å². The molecule has 5 heteroatoms. The van der Waals surface area contributed by atoms with E-state index in [1.54, 1.807) is 0 Å². The summed E-state index contributed by atoms with van der Waals surface area (Å²) in [6.45, 7) is 0. The molecule has 0 aliphatic carbocycles. The van der Waals surface area contributed by atoms with Crippen LogP contribution in [0.15, 0.2) is 60.4 Å². The number of hydrogen-bond donors (Lipinski definition) is 2. The molecule has 5 nitrogen and oxygen atoms in total. The standard InChI is InChI=1S/C20H15N3O2/c1-23-19(24)16-13-10-21-14-9-5-8-12(15(13)14)17(22-18(16)20(23)25)11-6-3-2-4-7-11/h2-10,17,21-22H,1H3.